The number of hydrogen-bond donors (Lipinski definition) is 0. The summed E-state index contributed by atoms with van der Waals surface area (Å²) in [5.41, 5.74) is 6.21. The molecule has 1 aromatic carbocycles. The van der Waals surface area contributed by atoms with E-state index in [0.29, 0.717) is 24.1 Å². The van der Waals surface area contributed by atoms with Crippen molar-refractivity contribution in [3.05, 3.63) is 58.7 Å². The summed E-state index contributed by atoms with van der Waals surface area (Å²) >= 11 is 0. The van der Waals surface area contributed by atoms with E-state index in [1.54, 1.807) is 6.07 Å². The molecule has 0 spiro atoms. The van der Waals surface area contributed by atoms with Crippen molar-refractivity contribution in [1.29, 1.82) is 0 Å². The van der Waals surface area contributed by atoms with Gasteiger partial charge in [0.2, 0.25) is 0 Å². The lowest BCUT2D eigenvalue weighted by Crippen LogP contribution is -2.19. The van der Waals surface area contributed by atoms with Gasteiger partial charge in [0, 0.05) is 22.5 Å². The fraction of sp³-hybridized carbons (Fsp3) is 0.556. The second-order valence-electron chi connectivity index (χ2n) is 9.50. The summed E-state index contributed by atoms with van der Waals surface area (Å²) in [4.78, 5) is 4.91. The Hall–Kier alpha value is -2.23. The van der Waals surface area contributed by atoms with Crippen LogP contribution in [0.5, 0.6) is 0 Å². The van der Waals surface area contributed by atoms with Crippen molar-refractivity contribution in [1.82, 2.24) is 9.78 Å². The highest BCUT2D eigenvalue weighted by atomic mass is 19.1. The first-order chi connectivity index (χ1) is 15.0. The van der Waals surface area contributed by atoms with E-state index in [4.69, 9.17) is 10.1 Å². The van der Waals surface area contributed by atoms with E-state index < -0.39 is 0 Å². The monoisotopic (exact) mass is 421 g/mol. The largest absolute Gasteiger partial charge is 0.285 e. The zero-order valence-electron chi connectivity index (χ0n) is 19.5. The normalized spacial score (nSPS) is 18.9. The van der Waals surface area contributed by atoms with E-state index in [2.05, 4.69) is 31.5 Å². The van der Waals surface area contributed by atoms with Gasteiger partial charge in [-0.25, -0.2) is 4.39 Å². The zero-order valence-corrected chi connectivity index (χ0v) is 19.5. The summed E-state index contributed by atoms with van der Waals surface area (Å²) in [6.07, 6.45) is 12.9. The van der Waals surface area contributed by atoms with Gasteiger partial charge in [0.25, 0.3) is 0 Å². The van der Waals surface area contributed by atoms with Gasteiger partial charge in [-0.2, -0.15) is 5.10 Å². The Balaban J connectivity index is 1.62. The highest BCUT2D eigenvalue weighted by molar-refractivity contribution is 6.00. The van der Waals surface area contributed by atoms with E-state index in [1.165, 1.54) is 48.9 Å². The number of halogens is 1. The molecule has 1 unspecified atom stereocenters. The Bertz CT molecular complexity index is 976. The van der Waals surface area contributed by atoms with Crippen LogP contribution in [0.15, 0.2) is 35.5 Å². The highest BCUT2D eigenvalue weighted by Crippen LogP contribution is 2.36. The second-order valence-corrected chi connectivity index (χ2v) is 9.50. The fourth-order valence-corrected chi connectivity index (χ4v) is 4.50. The van der Waals surface area contributed by atoms with Gasteiger partial charge in [-0.3, -0.25) is 9.67 Å². The van der Waals surface area contributed by atoms with Gasteiger partial charge in [-0.05, 0) is 87.8 Å². The maximum Gasteiger partial charge on any atom is 0.132 e. The predicted molar refractivity (Wildman–Crippen MR) is 127 cm³/mol. The molecule has 4 rings (SSSR count). The maximum absolute atomic E-state index is 14.8. The van der Waals surface area contributed by atoms with Gasteiger partial charge in [0.05, 0.1) is 18.8 Å². The minimum absolute atomic E-state index is 0.170. The van der Waals surface area contributed by atoms with E-state index in [-0.39, 0.29) is 5.82 Å². The van der Waals surface area contributed by atoms with Crippen molar-refractivity contribution < 1.29 is 4.39 Å². The molecule has 0 amide bonds. The van der Waals surface area contributed by atoms with Gasteiger partial charge in [0.1, 0.15) is 5.82 Å². The Morgan fingerprint density at radius 1 is 1.29 bits per heavy atom. The Labute approximate surface area is 186 Å². The molecule has 166 valence electrons. The van der Waals surface area contributed by atoms with Crippen LogP contribution in [-0.4, -0.2) is 22.0 Å². The molecule has 0 N–H and O–H groups in total. The minimum atomic E-state index is -0.170. The second kappa shape index (κ2) is 9.50. The van der Waals surface area contributed by atoms with Gasteiger partial charge < -0.3 is 0 Å². The molecule has 2 saturated carbocycles. The van der Waals surface area contributed by atoms with E-state index >= 15 is 0 Å². The topological polar surface area (TPSA) is 30.2 Å². The summed E-state index contributed by atoms with van der Waals surface area (Å²) in [5.74, 6) is 0.964. The van der Waals surface area contributed by atoms with Gasteiger partial charge in [0.15, 0.2) is 0 Å². The van der Waals surface area contributed by atoms with Crippen molar-refractivity contribution in [2.45, 2.75) is 84.6 Å². The van der Waals surface area contributed by atoms with Crippen LogP contribution >= 0.6 is 0 Å². The van der Waals surface area contributed by atoms with Crippen LogP contribution in [0.25, 0.3) is 5.57 Å². The quantitative estimate of drug-likeness (QED) is 0.392. The average Bonchev–Trinajstić information content (AvgIpc) is 3.49. The van der Waals surface area contributed by atoms with E-state index in [1.807, 2.05) is 25.3 Å². The third-order valence-corrected chi connectivity index (χ3v) is 7.24. The lowest BCUT2D eigenvalue weighted by molar-refractivity contribution is 0.284. The third-order valence-electron chi connectivity index (χ3n) is 7.24. The first kappa shape index (κ1) is 22.0. The molecular weight excluding hydrogens is 385 g/mol. The van der Waals surface area contributed by atoms with Crippen molar-refractivity contribution in [2.75, 3.05) is 6.54 Å². The van der Waals surface area contributed by atoms with Crippen LogP contribution in [0, 0.1) is 18.7 Å². The van der Waals surface area contributed by atoms with Crippen molar-refractivity contribution in [3.8, 4) is 0 Å². The number of aromatic nitrogens is 2. The smallest absolute Gasteiger partial charge is 0.132 e. The van der Waals surface area contributed by atoms with Crippen LogP contribution in [0.2, 0.25) is 0 Å². The molecule has 1 aromatic heterocycles. The SMILES string of the molecule is CCC(C)c1cccc(F)c1C(C)=NC/C(=C/CC1CC1)c1cnn(C2CCC2)c1C. The molecule has 1 atom stereocenters. The molecule has 3 nitrogen and oxygen atoms in total. The molecule has 0 aliphatic heterocycles. The summed E-state index contributed by atoms with van der Waals surface area (Å²) < 4.78 is 17.0. The summed E-state index contributed by atoms with van der Waals surface area (Å²) in [5, 5.41) is 4.72. The fourth-order valence-electron chi connectivity index (χ4n) is 4.50. The lowest BCUT2D eigenvalue weighted by atomic mass is 9.91. The molecule has 2 aliphatic rings. The molecular formula is C27H36FN3. The summed E-state index contributed by atoms with van der Waals surface area (Å²) in [6.45, 7) is 9.01. The molecule has 0 bridgehead atoms. The van der Waals surface area contributed by atoms with Crippen molar-refractivity contribution in [2.24, 2.45) is 10.9 Å². The lowest BCUT2D eigenvalue weighted by Gasteiger charge is -2.27. The zero-order chi connectivity index (χ0) is 22.0. The Morgan fingerprint density at radius 2 is 2.06 bits per heavy atom. The van der Waals surface area contributed by atoms with Crippen LogP contribution in [0.1, 0.15) is 100 Å². The first-order valence-electron chi connectivity index (χ1n) is 12.0. The maximum atomic E-state index is 14.8. The van der Waals surface area contributed by atoms with Crippen LogP contribution in [-0.2, 0) is 0 Å². The summed E-state index contributed by atoms with van der Waals surface area (Å²) in [6, 6.07) is 5.96. The summed E-state index contributed by atoms with van der Waals surface area (Å²) in [7, 11) is 0. The standard InChI is InChI=1S/C27H36FN3/c1-5-18(2)24-10-7-11-26(28)27(24)19(3)29-16-22(15-14-21-12-13-21)25-17-30-31(20(25)4)23-8-6-9-23/h7,10-11,15,17-18,21,23H,5-6,8-9,12-14,16H2,1-4H3/b22-15-,29-19?. The van der Waals surface area contributed by atoms with Gasteiger partial charge in [-0.1, -0.05) is 32.1 Å². The number of nitrogens with zero attached hydrogens (tertiary/aromatic N) is 3. The molecule has 31 heavy (non-hydrogen) atoms. The number of rotatable bonds is 9. The molecule has 1 heterocycles. The number of hydrogen-bond acceptors (Lipinski definition) is 2. The Morgan fingerprint density at radius 3 is 2.71 bits per heavy atom. The van der Waals surface area contributed by atoms with Gasteiger partial charge >= 0.3 is 0 Å². The molecule has 0 saturated heterocycles. The molecule has 0 radical (unpaired) electrons. The van der Waals surface area contributed by atoms with E-state index in [9.17, 15) is 4.39 Å². The predicted octanol–water partition coefficient (Wildman–Crippen LogP) is 7.26. The third kappa shape index (κ3) is 4.83. The van der Waals surface area contributed by atoms with Crippen LogP contribution in [0.3, 0.4) is 0 Å². The molecule has 2 fully saturated rings. The number of allylic oxidation sites excluding steroid dienone is 1. The highest BCUT2D eigenvalue weighted by Gasteiger charge is 2.24. The minimum Gasteiger partial charge on any atom is -0.285 e. The van der Waals surface area contributed by atoms with Crippen molar-refractivity contribution >= 4 is 11.3 Å². The number of benzene rings is 1. The van der Waals surface area contributed by atoms with Crippen LogP contribution < -0.4 is 0 Å². The van der Waals surface area contributed by atoms with Crippen LogP contribution in [0.4, 0.5) is 4.39 Å². The molecule has 2 aromatic rings. The number of aliphatic imine (C=N–C) groups is 1. The Kier molecular flexibility index (Phi) is 6.74. The first-order valence-corrected chi connectivity index (χ1v) is 12.0. The average molecular weight is 422 g/mol. The van der Waals surface area contributed by atoms with Crippen molar-refractivity contribution in [3.63, 3.8) is 0 Å². The van der Waals surface area contributed by atoms with Gasteiger partial charge in [-0.15, -0.1) is 0 Å². The molecule has 4 heteroatoms. The molecule has 2 aliphatic carbocycles. The van der Waals surface area contributed by atoms with E-state index in [0.717, 1.165) is 30.0 Å².